The van der Waals surface area contributed by atoms with Crippen LogP contribution in [-0.2, 0) is 32.9 Å². The van der Waals surface area contributed by atoms with Crippen LogP contribution >= 0.6 is 0 Å². The smallest absolute Gasteiger partial charge is 0.338 e. The maximum absolute atomic E-state index is 14.0. The second-order valence-corrected chi connectivity index (χ2v) is 17.0. The Hall–Kier alpha value is -2.28. The van der Waals surface area contributed by atoms with Crippen molar-refractivity contribution < 1.29 is 47.9 Å². The van der Waals surface area contributed by atoms with E-state index in [1.54, 1.807) is 36.4 Å². The molecule has 6 rings (SSSR count). The van der Waals surface area contributed by atoms with Gasteiger partial charge in [0.25, 0.3) is 0 Å². The van der Waals surface area contributed by atoms with Crippen molar-refractivity contribution in [2.24, 2.45) is 28.6 Å². The Labute approximate surface area is 266 Å². The number of hydrogen-bond donors (Lipinski definition) is 2. The number of ether oxygens (including phenoxy) is 5. The van der Waals surface area contributed by atoms with Gasteiger partial charge in [-0.25, -0.2) is 4.79 Å². The molecule has 10 nitrogen and oxygen atoms in total. The molecule has 0 spiro atoms. The number of rotatable bonds is 5. The lowest BCUT2D eigenvalue weighted by Gasteiger charge is -2.69. The fourth-order valence-corrected chi connectivity index (χ4v) is 11.0. The van der Waals surface area contributed by atoms with Crippen molar-refractivity contribution in [2.45, 2.75) is 115 Å². The van der Waals surface area contributed by atoms with Crippen LogP contribution in [-0.4, -0.2) is 85.0 Å². The van der Waals surface area contributed by atoms with Crippen molar-refractivity contribution in [3.8, 4) is 0 Å². The average molecular weight is 643 g/mol. The minimum atomic E-state index is -2.34. The van der Waals surface area contributed by atoms with Crippen molar-refractivity contribution in [2.75, 3.05) is 6.61 Å². The second kappa shape index (κ2) is 10.6. The van der Waals surface area contributed by atoms with Crippen molar-refractivity contribution in [1.82, 2.24) is 0 Å². The highest BCUT2D eigenvalue weighted by molar-refractivity contribution is 6.52. The van der Waals surface area contributed by atoms with Crippen LogP contribution < -0.4 is 0 Å². The number of carbonyl (C=O) groups is 2. The molecular formula is C34H46O10Si. The minimum Gasteiger partial charge on any atom is -0.455 e. The third kappa shape index (κ3) is 4.52. The molecule has 2 saturated heterocycles. The minimum absolute atomic E-state index is 0.0241. The molecule has 0 amide bonds. The van der Waals surface area contributed by atoms with Gasteiger partial charge in [0.2, 0.25) is 0 Å². The molecule has 1 aromatic carbocycles. The van der Waals surface area contributed by atoms with Crippen LogP contribution in [0.15, 0.2) is 41.6 Å². The lowest BCUT2D eigenvalue weighted by Crippen LogP contribution is -2.82. The maximum Gasteiger partial charge on any atom is 0.338 e. The van der Waals surface area contributed by atoms with Crippen molar-refractivity contribution in [1.29, 1.82) is 0 Å². The predicted octanol–water partition coefficient (Wildman–Crippen LogP) is 3.76. The largest absolute Gasteiger partial charge is 0.455 e. The summed E-state index contributed by atoms with van der Waals surface area (Å²) in [4.78, 5) is 26.8. The van der Waals surface area contributed by atoms with Crippen LogP contribution in [0.2, 0.25) is 6.04 Å². The molecule has 2 N–H and O–H groups in total. The molecule has 246 valence electrons. The van der Waals surface area contributed by atoms with Gasteiger partial charge in [0, 0.05) is 30.1 Å². The van der Waals surface area contributed by atoms with Crippen LogP contribution in [0.4, 0.5) is 0 Å². The summed E-state index contributed by atoms with van der Waals surface area (Å²) in [5.74, 6) is -4.09. The lowest BCUT2D eigenvalue weighted by atomic mass is 9.43. The highest BCUT2D eigenvalue weighted by Crippen LogP contribution is 2.67. The summed E-state index contributed by atoms with van der Waals surface area (Å²) < 4.78 is 45.9. The molecule has 4 fully saturated rings. The Balaban J connectivity index is 1.69. The van der Waals surface area contributed by atoms with Crippen LogP contribution in [0.1, 0.15) is 72.2 Å². The summed E-state index contributed by atoms with van der Waals surface area (Å²) in [7, 11) is -2.34. The Kier molecular flexibility index (Phi) is 7.70. The highest BCUT2D eigenvalue weighted by atomic mass is 28.3. The van der Waals surface area contributed by atoms with Crippen LogP contribution in [0.3, 0.4) is 0 Å². The monoisotopic (exact) mass is 642 g/mol. The molecule has 11 atom stereocenters. The van der Waals surface area contributed by atoms with E-state index in [1.807, 2.05) is 48.5 Å². The van der Waals surface area contributed by atoms with Gasteiger partial charge in [0.15, 0.2) is 11.4 Å². The third-order valence-electron chi connectivity index (χ3n) is 11.7. The topological polar surface area (TPSA) is 138 Å². The molecule has 3 aliphatic carbocycles. The lowest BCUT2D eigenvalue weighted by molar-refractivity contribution is -0.364. The van der Waals surface area contributed by atoms with Crippen molar-refractivity contribution in [3.05, 3.63) is 47.2 Å². The Morgan fingerprint density at radius 2 is 1.76 bits per heavy atom. The van der Waals surface area contributed by atoms with E-state index in [1.165, 1.54) is 6.92 Å². The molecule has 45 heavy (non-hydrogen) atoms. The predicted molar refractivity (Wildman–Crippen MR) is 162 cm³/mol. The van der Waals surface area contributed by atoms with E-state index in [4.69, 9.17) is 23.7 Å². The van der Waals surface area contributed by atoms with E-state index in [0.29, 0.717) is 11.2 Å². The molecule has 5 aliphatic rings. The zero-order valence-electron chi connectivity index (χ0n) is 27.4. The summed E-state index contributed by atoms with van der Waals surface area (Å²) in [6, 6.07) is 8.87. The number of carbonyl (C=O) groups excluding carboxylic acids is 2. The Bertz CT molecular complexity index is 1420. The zero-order valence-corrected chi connectivity index (χ0v) is 28.4. The van der Waals surface area contributed by atoms with Gasteiger partial charge < -0.3 is 38.4 Å². The number of aliphatic hydroxyl groups excluding tert-OH is 1. The summed E-state index contributed by atoms with van der Waals surface area (Å²) in [6.45, 7) is 14.4. The van der Waals surface area contributed by atoms with Gasteiger partial charge in [-0.1, -0.05) is 52.8 Å². The molecule has 2 unspecified atom stereocenters. The first-order valence-corrected chi connectivity index (χ1v) is 17.7. The first-order valence-electron chi connectivity index (χ1n) is 16.0. The second-order valence-electron chi connectivity index (χ2n) is 14.9. The summed E-state index contributed by atoms with van der Waals surface area (Å²) in [5.41, 5.74) is -5.35. The first kappa shape index (κ1) is 32.6. The number of esters is 2. The van der Waals surface area contributed by atoms with E-state index in [-0.39, 0.29) is 24.5 Å². The van der Waals surface area contributed by atoms with Crippen LogP contribution in [0, 0.1) is 28.6 Å². The summed E-state index contributed by atoms with van der Waals surface area (Å²) >= 11 is 0. The fourth-order valence-electron chi connectivity index (χ4n) is 9.51. The van der Waals surface area contributed by atoms with Gasteiger partial charge >= 0.3 is 20.6 Å². The fraction of sp³-hybridized carbons (Fsp3) is 0.706. The number of hydrogen-bond acceptors (Lipinski definition) is 10. The molecule has 1 aromatic rings. The van der Waals surface area contributed by atoms with Gasteiger partial charge in [-0.3, -0.25) is 4.79 Å². The molecule has 0 radical (unpaired) electrons. The van der Waals surface area contributed by atoms with Crippen LogP contribution in [0.5, 0.6) is 0 Å². The molecule has 2 bridgehead atoms. The number of allylic oxidation sites excluding steroid dienone is 1. The highest BCUT2D eigenvalue weighted by Gasteiger charge is 2.79. The normalized spacial score (nSPS) is 44.0. The molecule has 2 aliphatic heterocycles. The third-order valence-corrected chi connectivity index (χ3v) is 13.6. The summed E-state index contributed by atoms with van der Waals surface area (Å²) in [6.07, 6.45) is -2.82. The molecule has 0 aromatic heterocycles. The number of fused-ring (bicyclic) bond motifs is 8. The quantitative estimate of drug-likeness (QED) is 0.361. The molecule has 2 heterocycles. The molecule has 11 heteroatoms. The number of aliphatic hydroxyl groups is 2. The van der Waals surface area contributed by atoms with Crippen molar-refractivity contribution in [3.63, 3.8) is 0 Å². The molecular weight excluding hydrogens is 596 g/mol. The van der Waals surface area contributed by atoms with Crippen molar-refractivity contribution >= 4 is 20.6 Å². The average Bonchev–Trinajstić information content (AvgIpc) is 3.29. The van der Waals surface area contributed by atoms with Gasteiger partial charge in [0.05, 0.1) is 36.4 Å². The zero-order chi connectivity index (χ0) is 32.9. The van der Waals surface area contributed by atoms with E-state index < -0.39 is 90.8 Å². The van der Waals surface area contributed by atoms with Gasteiger partial charge in [-0.05, 0) is 49.2 Å². The van der Waals surface area contributed by atoms with E-state index >= 15 is 0 Å². The van der Waals surface area contributed by atoms with E-state index in [9.17, 15) is 24.3 Å². The SMILES string of the molecule is CC[Si](=O)C1=C[C@@]2(O)[C@@H](OC(=O)c3ccccc3)[C@@H]3[C@]4(OC(C)=O)CO[C@@H]4C[C@H](O)[C@@]3(C)[C@@H]3OC(C)(C)O[C@@H]3C(C1C)C2(C)C. The Morgan fingerprint density at radius 3 is 2.33 bits per heavy atom. The van der Waals surface area contributed by atoms with Gasteiger partial charge in [0.1, 0.15) is 17.8 Å². The van der Waals surface area contributed by atoms with Crippen LogP contribution in [0.25, 0.3) is 0 Å². The van der Waals surface area contributed by atoms with Gasteiger partial charge in [-0.2, -0.15) is 0 Å². The molecule has 2 saturated carbocycles. The maximum atomic E-state index is 14.0. The Morgan fingerprint density at radius 1 is 1.09 bits per heavy atom. The number of benzene rings is 1. The van der Waals surface area contributed by atoms with Gasteiger partial charge in [-0.15, -0.1) is 0 Å². The van der Waals surface area contributed by atoms with E-state index in [2.05, 4.69) is 0 Å². The first-order chi connectivity index (χ1) is 20.9. The van der Waals surface area contributed by atoms with E-state index in [0.717, 1.165) is 0 Å². The summed E-state index contributed by atoms with van der Waals surface area (Å²) in [5, 5.41) is 26.1. The standard InChI is InChI=1S/C34H46O10Si/c1-9-45(39)21-16-34(38)28(41-29(37)20-13-11-10-12-14-20)26-32(8,22(36)15-23-33(26,17-40-23)42-19(3)35)27-25(43-31(6,7)44-27)24(18(21)2)30(34,4)5/h10-14,16,18,22-28,36,38H,9,15,17H2,1-8H3/t18?,22-,23+,24?,25+,26-,27+,28-,32+,33-,34+/m0/s1.